The third-order valence-corrected chi connectivity index (χ3v) is 3.81. The Labute approximate surface area is 138 Å². The Balaban J connectivity index is 1.64. The molecule has 1 heterocycles. The molecule has 0 amide bonds. The van der Waals surface area contributed by atoms with E-state index in [1.807, 2.05) is 30.3 Å². The Bertz CT molecular complexity index is 904. The average molecular weight is 321 g/mol. The van der Waals surface area contributed by atoms with E-state index in [1.54, 1.807) is 18.2 Å². The van der Waals surface area contributed by atoms with E-state index in [2.05, 4.69) is 4.98 Å². The fourth-order valence-corrected chi connectivity index (χ4v) is 2.42. The number of para-hydroxylation sites is 1. The molecule has 4 rings (SSSR count). The van der Waals surface area contributed by atoms with Gasteiger partial charge in [-0.2, -0.15) is 0 Å². The summed E-state index contributed by atoms with van der Waals surface area (Å²) in [5.41, 5.74) is -0.0499. The SMILES string of the molecule is O=C(OC1CC1)c1ncc2cc(Oc3ccccc3)ccc2c1O. The van der Waals surface area contributed by atoms with Gasteiger partial charge < -0.3 is 14.6 Å². The summed E-state index contributed by atoms with van der Waals surface area (Å²) in [5, 5.41) is 11.5. The molecular formula is C19H15NO4. The van der Waals surface area contributed by atoms with Gasteiger partial charge in [-0.25, -0.2) is 9.78 Å². The second-order valence-corrected chi connectivity index (χ2v) is 5.72. The van der Waals surface area contributed by atoms with E-state index < -0.39 is 5.97 Å². The summed E-state index contributed by atoms with van der Waals surface area (Å²) < 4.78 is 11.0. The van der Waals surface area contributed by atoms with Gasteiger partial charge in [0.1, 0.15) is 17.6 Å². The second-order valence-electron chi connectivity index (χ2n) is 5.72. The van der Waals surface area contributed by atoms with E-state index in [1.165, 1.54) is 6.20 Å². The quantitative estimate of drug-likeness (QED) is 0.734. The van der Waals surface area contributed by atoms with Gasteiger partial charge in [-0.15, -0.1) is 0 Å². The molecule has 0 spiro atoms. The lowest BCUT2D eigenvalue weighted by atomic mass is 10.1. The summed E-state index contributed by atoms with van der Waals surface area (Å²) in [6.07, 6.45) is 3.26. The first-order valence-electron chi connectivity index (χ1n) is 7.76. The first-order valence-corrected chi connectivity index (χ1v) is 7.76. The van der Waals surface area contributed by atoms with Crippen LogP contribution in [0.3, 0.4) is 0 Å². The summed E-state index contributed by atoms with van der Waals surface area (Å²) in [4.78, 5) is 16.1. The minimum Gasteiger partial charge on any atom is -0.505 e. The smallest absolute Gasteiger partial charge is 0.361 e. The number of hydrogen-bond donors (Lipinski definition) is 1. The third-order valence-electron chi connectivity index (χ3n) is 3.81. The Morgan fingerprint density at radius 2 is 1.88 bits per heavy atom. The zero-order valence-corrected chi connectivity index (χ0v) is 12.8. The largest absolute Gasteiger partial charge is 0.505 e. The van der Waals surface area contributed by atoms with Gasteiger partial charge in [0.2, 0.25) is 0 Å². The number of aromatic hydroxyl groups is 1. The van der Waals surface area contributed by atoms with Gasteiger partial charge in [-0.05, 0) is 43.2 Å². The maximum Gasteiger partial charge on any atom is 0.361 e. The van der Waals surface area contributed by atoms with Crippen LogP contribution >= 0.6 is 0 Å². The molecule has 0 bridgehead atoms. The minimum atomic E-state index is -0.582. The van der Waals surface area contributed by atoms with E-state index in [-0.39, 0.29) is 17.5 Å². The predicted octanol–water partition coefficient (Wildman–Crippen LogP) is 4.05. The van der Waals surface area contributed by atoms with Crippen LogP contribution in [-0.2, 0) is 4.74 Å². The van der Waals surface area contributed by atoms with Gasteiger partial charge in [0.25, 0.3) is 0 Å². The normalized spacial score (nSPS) is 13.7. The van der Waals surface area contributed by atoms with Crippen LogP contribution in [0.2, 0.25) is 0 Å². The maximum atomic E-state index is 12.0. The molecule has 1 saturated carbocycles. The van der Waals surface area contributed by atoms with Gasteiger partial charge in [-0.1, -0.05) is 18.2 Å². The van der Waals surface area contributed by atoms with E-state index in [0.717, 1.165) is 18.6 Å². The Morgan fingerprint density at radius 3 is 2.62 bits per heavy atom. The van der Waals surface area contributed by atoms with Crippen LogP contribution in [0.15, 0.2) is 54.7 Å². The topological polar surface area (TPSA) is 68.7 Å². The average Bonchev–Trinajstić information content (AvgIpc) is 3.40. The summed E-state index contributed by atoms with van der Waals surface area (Å²) in [6.45, 7) is 0. The van der Waals surface area contributed by atoms with Gasteiger partial charge >= 0.3 is 5.97 Å². The highest BCUT2D eigenvalue weighted by Gasteiger charge is 2.28. The van der Waals surface area contributed by atoms with Gasteiger partial charge in [0.15, 0.2) is 11.4 Å². The van der Waals surface area contributed by atoms with E-state index in [0.29, 0.717) is 16.5 Å². The molecule has 2 aromatic carbocycles. The van der Waals surface area contributed by atoms with Gasteiger partial charge in [0.05, 0.1) is 0 Å². The van der Waals surface area contributed by atoms with Crippen molar-refractivity contribution >= 4 is 16.7 Å². The highest BCUT2D eigenvalue weighted by Crippen LogP contribution is 2.33. The van der Waals surface area contributed by atoms with E-state index >= 15 is 0 Å². The van der Waals surface area contributed by atoms with Crippen LogP contribution < -0.4 is 4.74 Å². The van der Waals surface area contributed by atoms with Gasteiger partial charge in [0, 0.05) is 17.0 Å². The van der Waals surface area contributed by atoms with Crippen LogP contribution in [0, 0.1) is 0 Å². The molecule has 0 atom stereocenters. The summed E-state index contributed by atoms with van der Waals surface area (Å²) in [7, 11) is 0. The molecule has 5 nitrogen and oxygen atoms in total. The summed E-state index contributed by atoms with van der Waals surface area (Å²) in [5.74, 6) is 0.604. The molecule has 1 aliphatic rings. The van der Waals surface area contributed by atoms with Crippen LogP contribution in [0.5, 0.6) is 17.2 Å². The molecule has 0 aliphatic heterocycles. The number of fused-ring (bicyclic) bond motifs is 1. The zero-order chi connectivity index (χ0) is 16.5. The number of ether oxygens (including phenoxy) is 2. The summed E-state index contributed by atoms with van der Waals surface area (Å²) in [6, 6.07) is 14.6. The van der Waals surface area contributed by atoms with Crippen molar-refractivity contribution in [2.45, 2.75) is 18.9 Å². The summed E-state index contributed by atoms with van der Waals surface area (Å²) >= 11 is 0. The molecule has 1 fully saturated rings. The van der Waals surface area contributed by atoms with Crippen molar-refractivity contribution in [3.05, 3.63) is 60.4 Å². The van der Waals surface area contributed by atoms with Crippen molar-refractivity contribution in [2.75, 3.05) is 0 Å². The van der Waals surface area contributed by atoms with Gasteiger partial charge in [-0.3, -0.25) is 0 Å². The minimum absolute atomic E-state index is 0.0314. The van der Waals surface area contributed by atoms with Crippen molar-refractivity contribution in [3.8, 4) is 17.2 Å². The predicted molar refractivity (Wildman–Crippen MR) is 88.4 cm³/mol. The van der Waals surface area contributed by atoms with Crippen LogP contribution in [0.25, 0.3) is 10.8 Å². The van der Waals surface area contributed by atoms with Crippen molar-refractivity contribution in [1.29, 1.82) is 0 Å². The molecule has 0 radical (unpaired) electrons. The number of rotatable bonds is 4. The fraction of sp³-hybridized carbons (Fsp3) is 0.158. The maximum absolute atomic E-state index is 12.0. The Kier molecular flexibility index (Phi) is 3.54. The standard InChI is InChI=1S/C19H15NO4/c21-18-16-9-8-15(23-13-4-2-1-3-5-13)10-12(16)11-20-17(18)19(22)24-14-6-7-14/h1-5,8-11,14,21H,6-7H2. The van der Waals surface area contributed by atoms with Crippen LogP contribution in [0.4, 0.5) is 0 Å². The molecule has 1 N–H and O–H groups in total. The third kappa shape index (κ3) is 2.88. The number of carbonyl (C=O) groups is 1. The monoisotopic (exact) mass is 321 g/mol. The Hall–Kier alpha value is -3.08. The molecule has 120 valence electrons. The Morgan fingerprint density at radius 1 is 1.08 bits per heavy atom. The van der Waals surface area contributed by atoms with Crippen molar-refractivity contribution in [2.24, 2.45) is 0 Å². The second kappa shape index (κ2) is 5.85. The van der Waals surface area contributed by atoms with E-state index in [4.69, 9.17) is 9.47 Å². The van der Waals surface area contributed by atoms with Crippen LogP contribution in [0.1, 0.15) is 23.3 Å². The highest BCUT2D eigenvalue weighted by molar-refractivity contribution is 5.99. The van der Waals surface area contributed by atoms with Crippen molar-refractivity contribution in [3.63, 3.8) is 0 Å². The van der Waals surface area contributed by atoms with E-state index in [9.17, 15) is 9.90 Å². The van der Waals surface area contributed by atoms with Crippen molar-refractivity contribution < 1.29 is 19.4 Å². The van der Waals surface area contributed by atoms with Crippen molar-refractivity contribution in [1.82, 2.24) is 4.98 Å². The number of hydrogen-bond acceptors (Lipinski definition) is 5. The van der Waals surface area contributed by atoms with Crippen LogP contribution in [-0.4, -0.2) is 22.2 Å². The lowest BCUT2D eigenvalue weighted by Crippen LogP contribution is -2.09. The first-order chi connectivity index (χ1) is 11.7. The molecule has 0 saturated heterocycles. The molecule has 24 heavy (non-hydrogen) atoms. The molecule has 3 aromatic rings. The zero-order valence-electron chi connectivity index (χ0n) is 12.8. The molecule has 1 aromatic heterocycles. The number of esters is 1. The molecule has 0 unspecified atom stereocenters. The highest BCUT2D eigenvalue weighted by atomic mass is 16.5. The fourth-order valence-electron chi connectivity index (χ4n) is 2.42. The number of nitrogens with zero attached hydrogens (tertiary/aromatic N) is 1. The lowest BCUT2D eigenvalue weighted by Gasteiger charge is -2.09. The molecule has 5 heteroatoms. The number of benzene rings is 2. The number of aromatic nitrogens is 1. The number of pyridine rings is 1. The molecule has 1 aliphatic carbocycles. The first kappa shape index (κ1) is 14.5. The number of carbonyl (C=O) groups excluding carboxylic acids is 1. The molecular weight excluding hydrogens is 306 g/mol. The lowest BCUT2D eigenvalue weighted by molar-refractivity contribution is 0.0462.